The smallest absolute Gasteiger partial charge is 0.0495 e. The second-order valence-electron chi connectivity index (χ2n) is 6.03. The van der Waals surface area contributed by atoms with Gasteiger partial charge in [-0.25, -0.2) is 0 Å². The minimum absolute atomic E-state index is 0.789. The first-order valence-corrected chi connectivity index (χ1v) is 7.47. The molecule has 0 saturated carbocycles. The Morgan fingerprint density at radius 1 is 1.18 bits per heavy atom. The first-order valence-electron chi connectivity index (χ1n) is 7.47. The van der Waals surface area contributed by atoms with Crippen LogP contribution in [0.3, 0.4) is 0 Å². The molecule has 3 atom stereocenters. The molecule has 3 aliphatic rings. The molecule has 3 rings (SSSR count). The van der Waals surface area contributed by atoms with Crippen molar-refractivity contribution in [2.24, 2.45) is 5.92 Å². The van der Waals surface area contributed by atoms with Crippen molar-refractivity contribution < 1.29 is 4.74 Å². The third-order valence-electron chi connectivity index (χ3n) is 4.83. The van der Waals surface area contributed by atoms with Gasteiger partial charge in [0.15, 0.2) is 0 Å². The first-order chi connectivity index (χ1) is 8.42. The van der Waals surface area contributed by atoms with Gasteiger partial charge in [0.25, 0.3) is 0 Å². The Kier molecular flexibility index (Phi) is 3.99. The Morgan fingerprint density at radius 3 is 3.06 bits per heavy atom. The van der Waals surface area contributed by atoms with E-state index in [0.717, 1.165) is 31.2 Å². The molecule has 3 nitrogen and oxygen atoms in total. The minimum atomic E-state index is 0.789. The highest BCUT2D eigenvalue weighted by Gasteiger charge is 2.31. The van der Waals surface area contributed by atoms with Gasteiger partial charge in [-0.05, 0) is 64.1 Å². The molecule has 0 amide bonds. The molecule has 3 fully saturated rings. The van der Waals surface area contributed by atoms with Crippen LogP contribution < -0.4 is 5.32 Å². The van der Waals surface area contributed by atoms with E-state index >= 15 is 0 Å². The summed E-state index contributed by atoms with van der Waals surface area (Å²) in [5.74, 6) is 0.828. The van der Waals surface area contributed by atoms with Gasteiger partial charge in [-0.1, -0.05) is 0 Å². The third-order valence-corrected chi connectivity index (χ3v) is 4.83. The summed E-state index contributed by atoms with van der Waals surface area (Å²) in [5, 5.41) is 3.78. The number of nitrogens with one attached hydrogen (secondary N) is 1. The van der Waals surface area contributed by atoms with E-state index in [1.54, 1.807) is 0 Å². The normalized spacial score (nSPS) is 38.5. The number of nitrogens with zero attached hydrogens (tertiary/aromatic N) is 1. The van der Waals surface area contributed by atoms with E-state index in [4.69, 9.17) is 4.74 Å². The summed E-state index contributed by atoms with van der Waals surface area (Å²) in [4.78, 5) is 2.70. The second-order valence-corrected chi connectivity index (χ2v) is 6.03. The van der Waals surface area contributed by atoms with E-state index in [-0.39, 0.29) is 0 Å². The Labute approximate surface area is 105 Å². The quantitative estimate of drug-likeness (QED) is 0.805. The zero-order valence-corrected chi connectivity index (χ0v) is 10.9. The fraction of sp³-hybridized carbons (Fsp3) is 1.00. The molecule has 0 aliphatic carbocycles. The van der Waals surface area contributed by atoms with Crippen molar-refractivity contribution in [1.82, 2.24) is 10.2 Å². The zero-order valence-electron chi connectivity index (χ0n) is 10.9. The third kappa shape index (κ3) is 3.01. The van der Waals surface area contributed by atoms with Gasteiger partial charge in [0, 0.05) is 25.3 Å². The number of rotatable bonds is 4. The Balaban J connectivity index is 1.34. The van der Waals surface area contributed by atoms with Crippen LogP contribution in [0.4, 0.5) is 0 Å². The lowest BCUT2D eigenvalue weighted by Crippen LogP contribution is -2.46. The van der Waals surface area contributed by atoms with E-state index in [2.05, 4.69) is 10.2 Å². The summed E-state index contributed by atoms with van der Waals surface area (Å²) >= 11 is 0. The van der Waals surface area contributed by atoms with Crippen LogP contribution >= 0.6 is 0 Å². The fourth-order valence-electron chi connectivity index (χ4n) is 3.71. The highest BCUT2D eigenvalue weighted by atomic mass is 16.5. The average molecular weight is 238 g/mol. The molecule has 0 aromatic heterocycles. The van der Waals surface area contributed by atoms with Crippen molar-refractivity contribution in [1.29, 1.82) is 0 Å². The fourth-order valence-corrected chi connectivity index (χ4v) is 3.71. The maximum Gasteiger partial charge on any atom is 0.0495 e. The van der Waals surface area contributed by atoms with Crippen molar-refractivity contribution in [3.63, 3.8) is 0 Å². The molecule has 0 spiro atoms. The number of ether oxygens (including phenoxy) is 1. The summed E-state index contributed by atoms with van der Waals surface area (Å²) in [7, 11) is 0. The molecule has 0 bridgehead atoms. The van der Waals surface area contributed by atoms with Gasteiger partial charge in [-0.15, -0.1) is 0 Å². The van der Waals surface area contributed by atoms with Gasteiger partial charge < -0.3 is 15.0 Å². The van der Waals surface area contributed by atoms with Gasteiger partial charge in [-0.2, -0.15) is 0 Å². The Morgan fingerprint density at radius 2 is 2.18 bits per heavy atom. The number of hydrogen-bond donors (Lipinski definition) is 1. The molecule has 0 aromatic carbocycles. The highest BCUT2D eigenvalue weighted by molar-refractivity contribution is 4.89. The summed E-state index contributed by atoms with van der Waals surface area (Å²) in [6, 6.07) is 1.69. The first kappa shape index (κ1) is 11.9. The standard InChI is InChI=1S/C14H26N2O/c1-2-14-10-13(4-8-16(14)7-1)15-6-3-12-5-9-17-11-12/h12-15H,1-11H2. The highest BCUT2D eigenvalue weighted by Crippen LogP contribution is 2.26. The molecule has 1 N–H and O–H groups in total. The predicted molar refractivity (Wildman–Crippen MR) is 69.2 cm³/mol. The van der Waals surface area contributed by atoms with Gasteiger partial charge in [0.05, 0.1) is 0 Å². The van der Waals surface area contributed by atoms with Gasteiger partial charge in [0.1, 0.15) is 0 Å². The van der Waals surface area contributed by atoms with Crippen molar-refractivity contribution in [2.75, 3.05) is 32.8 Å². The van der Waals surface area contributed by atoms with Gasteiger partial charge >= 0.3 is 0 Å². The summed E-state index contributed by atoms with van der Waals surface area (Å²) in [6.45, 7) is 5.88. The number of fused-ring (bicyclic) bond motifs is 1. The van der Waals surface area contributed by atoms with Crippen LogP contribution in [0.1, 0.15) is 38.5 Å². The van der Waals surface area contributed by atoms with Crippen LogP contribution in [0.2, 0.25) is 0 Å². The number of piperidine rings is 1. The Hall–Kier alpha value is -0.120. The molecule has 3 heterocycles. The van der Waals surface area contributed by atoms with Crippen LogP contribution in [-0.2, 0) is 4.74 Å². The molecule has 17 heavy (non-hydrogen) atoms. The average Bonchev–Trinajstić information content (AvgIpc) is 2.98. The number of hydrogen-bond acceptors (Lipinski definition) is 3. The molecule has 3 heteroatoms. The molecular formula is C14H26N2O. The van der Waals surface area contributed by atoms with Crippen molar-refractivity contribution in [2.45, 2.75) is 50.6 Å². The lowest BCUT2D eigenvalue weighted by molar-refractivity contribution is 0.164. The summed E-state index contributed by atoms with van der Waals surface area (Å²) in [5.41, 5.74) is 0. The van der Waals surface area contributed by atoms with Crippen molar-refractivity contribution in [3.05, 3.63) is 0 Å². The molecule has 3 aliphatic heterocycles. The largest absolute Gasteiger partial charge is 0.381 e. The van der Waals surface area contributed by atoms with Crippen LogP contribution in [0.5, 0.6) is 0 Å². The second kappa shape index (κ2) is 5.68. The molecule has 98 valence electrons. The summed E-state index contributed by atoms with van der Waals surface area (Å²) < 4.78 is 5.42. The van der Waals surface area contributed by atoms with Gasteiger partial charge in [-0.3, -0.25) is 0 Å². The summed E-state index contributed by atoms with van der Waals surface area (Å²) in [6.07, 6.45) is 8.21. The van der Waals surface area contributed by atoms with Crippen LogP contribution in [0, 0.1) is 5.92 Å². The van der Waals surface area contributed by atoms with Crippen LogP contribution in [0.15, 0.2) is 0 Å². The Bertz CT molecular complexity index is 240. The molecule has 0 aromatic rings. The topological polar surface area (TPSA) is 24.5 Å². The molecular weight excluding hydrogens is 212 g/mol. The van der Waals surface area contributed by atoms with E-state index in [0.29, 0.717) is 0 Å². The van der Waals surface area contributed by atoms with E-state index in [9.17, 15) is 0 Å². The van der Waals surface area contributed by atoms with Crippen LogP contribution in [0.25, 0.3) is 0 Å². The SMILES string of the molecule is C1CC2CC(NCCC3CCOC3)CCN2C1. The van der Waals surface area contributed by atoms with Crippen molar-refractivity contribution in [3.8, 4) is 0 Å². The molecule has 0 radical (unpaired) electrons. The lowest BCUT2D eigenvalue weighted by atomic mass is 9.97. The predicted octanol–water partition coefficient (Wildman–Crippen LogP) is 1.63. The lowest BCUT2D eigenvalue weighted by Gasteiger charge is -2.35. The monoisotopic (exact) mass is 238 g/mol. The maximum absolute atomic E-state index is 5.42. The zero-order chi connectivity index (χ0) is 11.5. The van der Waals surface area contributed by atoms with E-state index in [1.807, 2.05) is 0 Å². The van der Waals surface area contributed by atoms with Crippen molar-refractivity contribution >= 4 is 0 Å². The van der Waals surface area contributed by atoms with Gasteiger partial charge in [0.2, 0.25) is 0 Å². The van der Waals surface area contributed by atoms with E-state index < -0.39 is 0 Å². The van der Waals surface area contributed by atoms with E-state index in [1.165, 1.54) is 58.2 Å². The molecule has 3 unspecified atom stereocenters. The van der Waals surface area contributed by atoms with Crippen LogP contribution in [-0.4, -0.2) is 49.8 Å². The maximum atomic E-state index is 5.42. The molecule has 3 saturated heterocycles. The minimum Gasteiger partial charge on any atom is -0.381 e.